The molecule has 0 aromatic heterocycles. The van der Waals surface area contributed by atoms with Crippen LogP contribution in [0, 0.1) is 11.8 Å². The molecule has 1 saturated carbocycles. The second-order valence-electron chi connectivity index (χ2n) is 4.99. The van der Waals surface area contributed by atoms with Crippen molar-refractivity contribution < 1.29 is 4.52 Å². The van der Waals surface area contributed by atoms with E-state index in [9.17, 15) is 0 Å². The van der Waals surface area contributed by atoms with E-state index in [4.69, 9.17) is 15.8 Å². The Morgan fingerprint density at radius 3 is 2.93 bits per heavy atom. The number of fused-ring (bicyclic) bond motifs is 1. The van der Waals surface area contributed by atoms with Crippen LogP contribution in [0.5, 0.6) is 0 Å². The fraction of sp³-hybridized carbons (Fsp3) is 1.00. The summed E-state index contributed by atoms with van der Waals surface area (Å²) in [5, 5.41) is 0. The Hall–Kier alpha value is 1.03. The Morgan fingerprint density at radius 1 is 1.57 bits per heavy atom. The van der Waals surface area contributed by atoms with Gasteiger partial charge in [-0.1, -0.05) is 36.5 Å². The third-order valence-corrected chi connectivity index (χ3v) is 7.89. The van der Waals surface area contributed by atoms with Crippen molar-refractivity contribution in [2.45, 2.75) is 50.9 Å². The van der Waals surface area contributed by atoms with Gasteiger partial charge in [-0.2, -0.15) is 0 Å². The SMILES string of the molecule is CC(C)[C@H]1CC[C@@]2(C)SP(Cl)O[C@@H]2C1. The maximum absolute atomic E-state index is 6.11. The highest BCUT2D eigenvalue weighted by Gasteiger charge is 2.49. The Bertz CT molecular complexity index is 226. The van der Waals surface area contributed by atoms with Gasteiger partial charge in [0, 0.05) is 4.75 Å². The summed E-state index contributed by atoms with van der Waals surface area (Å²) in [6.45, 7) is 6.25. The van der Waals surface area contributed by atoms with Gasteiger partial charge in [-0.25, -0.2) is 0 Å². The molecule has 1 saturated heterocycles. The van der Waals surface area contributed by atoms with Gasteiger partial charge in [0.15, 0.2) is 6.70 Å². The average molecular weight is 253 g/mol. The van der Waals surface area contributed by atoms with Gasteiger partial charge < -0.3 is 4.52 Å². The Balaban J connectivity index is 2.04. The van der Waals surface area contributed by atoms with Crippen LogP contribution in [-0.2, 0) is 4.52 Å². The highest BCUT2D eigenvalue weighted by Crippen LogP contribution is 2.71. The number of hydrogen-bond acceptors (Lipinski definition) is 2. The molecule has 1 heterocycles. The summed E-state index contributed by atoms with van der Waals surface area (Å²) in [4.78, 5) is 0. The standard InChI is InChI=1S/C10H18ClOPS/c1-7(2)8-4-5-10(3)9(6-8)12-13(11)14-10/h7-9H,4-6H2,1-3H3/t8-,9+,10+,13?/m0/s1. The van der Waals surface area contributed by atoms with Crippen molar-refractivity contribution >= 4 is 29.3 Å². The molecular weight excluding hydrogens is 235 g/mol. The third-order valence-electron chi connectivity index (χ3n) is 3.64. The van der Waals surface area contributed by atoms with E-state index in [0.717, 1.165) is 11.8 Å². The van der Waals surface area contributed by atoms with E-state index in [1.54, 1.807) is 0 Å². The molecule has 0 N–H and O–H groups in total. The molecular formula is C10H18ClOPS. The van der Waals surface area contributed by atoms with Crippen LogP contribution in [0.4, 0.5) is 0 Å². The van der Waals surface area contributed by atoms with Crippen LogP contribution in [0.1, 0.15) is 40.0 Å². The molecule has 0 amide bonds. The summed E-state index contributed by atoms with van der Waals surface area (Å²) in [6, 6.07) is 0. The molecule has 4 heteroatoms. The van der Waals surface area contributed by atoms with Gasteiger partial charge in [-0.3, -0.25) is 0 Å². The van der Waals surface area contributed by atoms with Crippen LogP contribution in [0.25, 0.3) is 0 Å². The molecule has 0 bridgehead atoms. The lowest BCUT2D eigenvalue weighted by atomic mass is 9.75. The van der Waals surface area contributed by atoms with Gasteiger partial charge >= 0.3 is 0 Å². The molecule has 2 fully saturated rings. The number of rotatable bonds is 1. The van der Waals surface area contributed by atoms with Crippen molar-refractivity contribution in [3.63, 3.8) is 0 Å². The summed E-state index contributed by atoms with van der Waals surface area (Å²) in [6.07, 6.45) is 4.25. The zero-order valence-corrected chi connectivity index (χ0v) is 11.5. The Kier molecular flexibility index (Phi) is 3.39. The molecule has 1 aliphatic carbocycles. The van der Waals surface area contributed by atoms with Crippen molar-refractivity contribution in [3.8, 4) is 0 Å². The summed E-state index contributed by atoms with van der Waals surface area (Å²) in [5.41, 5.74) is 0. The molecule has 2 aliphatic rings. The molecule has 2 rings (SSSR count). The largest absolute Gasteiger partial charge is 0.330 e. The molecule has 14 heavy (non-hydrogen) atoms. The topological polar surface area (TPSA) is 9.23 Å². The van der Waals surface area contributed by atoms with Crippen molar-refractivity contribution in [1.82, 2.24) is 0 Å². The molecule has 1 aliphatic heterocycles. The van der Waals surface area contributed by atoms with Crippen LogP contribution in [0.2, 0.25) is 0 Å². The quantitative estimate of drug-likeness (QED) is 0.620. The third kappa shape index (κ3) is 2.09. The minimum atomic E-state index is -0.713. The maximum Gasteiger partial charge on any atom is 0.189 e. The van der Waals surface area contributed by atoms with Gasteiger partial charge in [-0.15, -0.1) is 0 Å². The lowest BCUT2D eigenvalue weighted by molar-refractivity contribution is 0.0999. The first-order valence-electron chi connectivity index (χ1n) is 5.33. The molecule has 0 aromatic rings. The average Bonchev–Trinajstić information content (AvgIpc) is 2.37. The van der Waals surface area contributed by atoms with Crippen LogP contribution in [0.15, 0.2) is 0 Å². The van der Waals surface area contributed by atoms with Crippen molar-refractivity contribution in [3.05, 3.63) is 0 Å². The normalized spacial score (nSPS) is 48.2. The lowest BCUT2D eigenvalue weighted by Crippen LogP contribution is -2.40. The second-order valence-corrected chi connectivity index (χ2v) is 9.81. The predicted molar refractivity (Wildman–Crippen MR) is 65.8 cm³/mol. The number of halogens is 1. The van der Waals surface area contributed by atoms with E-state index >= 15 is 0 Å². The van der Waals surface area contributed by atoms with E-state index in [2.05, 4.69) is 20.8 Å². The molecule has 4 atom stereocenters. The fourth-order valence-electron chi connectivity index (χ4n) is 2.43. The van der Waals surface area contributed by atoms with Gasteiger partial charge in [0.2, 0.25) is 0 Å². The first-order valence-corrected chi connectivity index (χ1v) is 8.92. The monoisotopic (exact) mass is 252 g/mol. The van der Waals surface area contributed by atoms with E-state index in [0.29, 0.717) is 10.9 Å². The van der Waals surface area contributed by atoms with E-state index < -0.39 is 6.70 Å². The molecule has 0 spiro atoms. The summed E-state index contributed by atoms with van der Waals surface area (Å²) in [7, 11) is 0. The van der Waals surface area contributed by atoms with Crippen molar-refractivity contribution in [2.24, 2.45) is 11.8 Å². The minimum Gasteiger partial charge on any atom is -0.330 e. The van der Waals surface area contributed by atoms with E-state index in [-0.39, 0.29) is 0 Å². The lowest BCUT2D eigenvalue weighted by Gasteiger charge is -2.38. The Morgan fingerprint density at radius 2 is 2.29 bits per heavy atom. The van der Waals surface area contributed by atoms with Crippen LogP contribution in [-0.4, -0.2) is 10.9 Å². The zero-order valence-electron chi connectivity index (χ0n) is 9.00. The van der Waals surface area contributed by atoms with Crippen LogP contribution < -0.4 is 0 Å². The minimum absolute atomic E-state index is 0.318. The number of hydrogen-bond donors (Lipinski definition) is 0. The van der Waals surface area contributed by atoms with Crippen molar-refractivity contribution in [1.29, 1.82) is 0 Å². The van der Waals surface area contributed by atoms with Gasteiger partial charge in [-0.05, 0) is 38.0 Å². The molecule has 0 aromatic carbocycles. The maximum atomic E-state index is 6.11. The molecule has 0 radical (unpaired) electrons. The van der Waals surface area contributed by atoms with Gasteiger partial charge in [0.1, 0.15) is 0 Å². The molecule has 82 valence electrons. The van der Waals surface area contributed by atoms with Crippen LogP contribution in [0.3, 0.4) is 0 Å². The molecule has 1 nitrogen and oxygen atoms in total. The Labute approximate surface area is 96.7 Å². The highest BCUT2D eigenvalue weighted by molar-refractivity contribution is 8.62. The first-order chi connectivity index (χ1) is 6.51. The van der Waals surface area contributed by atoms with E-state index in [1.165, 1.54) is 19.3 Å². The van der Waals surface area contributed by atoms with Gasteiger partial charge in [0.25, 0.3) is 0 Å². The van der Waals surface area contributed by atoms with E-state index in [1.807, 2.05) is 11.4 Å². The predicted octanol–water partition coefficient (Wildman–Crippen LogP) is 4.80. The second kappa shape index (κ2) is 4.13. The van der Waals surface area contributed by atoms with Crippen LogP contribution >= 0.6 is 29.3 Å². The zero-order chi connectivity index (χ0) is 10.3. The fourth-order valence-corrected chi connectivity index (χ4v) is 7.62. The summed E-state index contributed by atoms with van der Waals surface area (Å²) in [5.74, 6) is 1.63. The molecule has 1 unspecified atom stereocenters. The summed E-state index contributed by atoms with van der Waals surface area (Å²) < 4.78 is 6.16. The summed E-state index contributed by atoms with van der Waals surface area (Å²) >= 11 is 7.98. The first kappa shape index (κ1) is 11.5. The van der Waals surface area contributed by atoms with Crippen molar-refractivity contribution in [2.75, 3.05) is 0 Å². The highest BCUT2D eigenvalue weighted by atomic mass is 35.7. The van der Waals surface area contributed by atoms with Gasteiger partial charge in [0.05, 0.1) is 6.10 Å². The smallest absolute Gasteiger partial charge is 0.189 e.